The normalized spacial score (nSPS) is 11.7. The number of para-hydroxylation sites is 1. The molecular formula is C41H42FN3O5S. The van der Waals surface area contributed by atoms with Crippen LogP contribution in [0.15, 0.2) is 138 Å². The van der Waals surface area contributed by atoms with Gasteiger partial charge in [-0.3, -0.25) is 13.9 Å². The molecule has 0 spiro atoms. The van der Waals surface area contributed by atoms with Gasteiger partial charge in [-0.15, -0.1) is 0 Å². The van der Waals surface area contributed by atoms with Crippen LogP contribution in [0.3, 0.4) is 0 Å². The number of nitrogens with zero attached hydrogens (tertiary/aromatic N) is 2. The zero-order valence-corrected chi connectivity index (χ0v) is 29.6. The fourth-order valence-electron chi connectivity index (χ4n) is 5.54. The summed E-state index contributed by atoms with van der Waals surface area (Å²) in [5.41, 5.74) is 2.06. The van der Waals surface area contributed by atoms with E-state index in [0.717, 1.165) is 28.3 Å². The number of aryl methyl sites for hydroxylation is 1. The number of carbonyl (C=O) groups excluding carboxylic acids is 2. The molecule has 0 bridgehead atoms. The Labute approximate surface area is 299 Å². The lowest BCUT2D eigenvalue weighted by molar-refractivity contribution is -0.140. The highest BCUT2D eigenvalue weighted by Crippen LogP contribution is 2.29. The van der Waals surface area contributed by atoms with Crippen molar-refractivity contribution in [1.82, 2.24) is 10.2 Å². The van der Waals surface area contributed by atoms with Gasteiger partial charge in [-0.05, 0) is 73.5 Å². The van der Waals surface area contributed by atoms with Crippen LogP contribution in [-0.4, -0.2) is 44.3 Å². The molecule has 264 valence electrons. The predicted octanol–water partition coefficient (Wildman–Crippen LogP) is 7.68. The van der Waals surface area contributed by atoms with Gasteiger partial charge in [0, 0.05) is 25.1 Å². The quantitative estimate of drug-likeness (QED) is 0.106. The average Bonchev–Trinajstić information content (AvgIpc) is 3.14. The van der Waals surface area contributed by atoms with Crippen LogP contribution in [0.25, 0.3) is 0 Å². The first-order valence-electron chi connectivity index (χ1n) is 16.9. The highest BCUT2D eigenvalue weighted by Gasteiger charge is 2.35. The number of hydrogen-bond acceptors (Lipinski definition) is 5. The summed E-state index contributed by atoms with van der Waals surface area (Å²) >= 11 is 0. The molecule has 0 saturated carbocycles. The van der Waals surface area contributed by atoms with E-state index in [1.807, 2.05) is 62.4 Å². The largest absolute Gasteiger partial charge is 0.457 e. The first-order valence-corrected chi connectivity index (χ1v) is 18.4. The molecule has 10 heteroatoms. The molecule has 2 amide bonds. The third-order valence-electron chi connectivity index (χ3n) is 8.39. The summed E-state index contributed by atoms with van der Waals surface area (Å²) in [4.78, 5) is 29.8. The Bertz CT molecular complexity index is 1990. The number of hydrogen-bond donors (Lipinski definition) is 1. The second kappa shape index (κ2) is 17.4. The Kier molecular flexibility index (Phi) is 12.6. The minimum atomic E-state index is -4.30. The van der Waals surface area contributed by atoms with Crippen molar-refractivity contribution >= 4 is 27.5 Å². The molecule has 51 heavy (non-hydrogen) atoms. The number of rotatable bonds is 16. The SMILES string of the molecule is CCCCNC(=O)[C@H](Cc1ccccc1)N(Cc1ccccc1F)C(=O)CN(c1ccc(Oc2ccccc2)cc1)S(=O)(=O)c1ccc(C)cc1. The van der Waals surface area contributed by atoms with Gasteiger partial charge in [0.15, 0.2) is 0 Å². The van der Waals surface area contributed by atoms with Crippen molar-refractivity contribution in [2.24, 2.45) is 0 Å². The molecule has 0 aliphatic heterocycles. The third kappa shape index (κ3) is 9.82. The summed E-state index contributed by atoms with van der Waals surface area (Å²) in [6.07, 6.45) is 1.72. The first-order chi connectivity index (χ1) is 24.7. The Morgan fingerprint density at radius 1 is 0.784 bits per heavy atom. The summed E-state index contributed by atoms with van der Waals surface area (Å²) in [6.45, 7) is 3.34. The van der Waals surface area contributed by atoms with Gasteiger partial charge in [-0.25, -0.2) is 12.8 Å². The van der Waals surface area contributed by atoms with E-state index in [1.165, 1.54) is 23.1 Å². The van der Waals surface area contributed by atoms with Crippen LogP contribution in [-0.2, 0) is 32.6 Å². The van der Waals surface area contributed by atoms with Gasteiger partial charge in [0.2, 0.25) is 11.8 Å². The molecule has 0 radical (unpaired) electrons. The smallest absolute Gasteiger partial charge is 0.264 e. The monoisotopic (exact) mass is 707 g/mol. The van der Waals surface area contributed by atoms with E-state index < -0.39 is 40.2 Å². The van der Waals surface area contributed by atoms with Gasteiger partial charge in [0.05, 0.1) is 10.6 Å². The molecule has 1 atom stereocenters. The number of nitrogens with one attached hydrogen (secondary N) is 1. The van der Waals surface area contributed by atoms with Crippen LogP contribution < -0.4 is 14.4 Å². The van der Waals surface area contributed by atoms with Gasteiger partial charge < -0.3 is 15.0 Å². The van der Waals surface area contributed by atoms with E-state index in [9.17, 15) is 18.0 Å². The minimum absolute atomic E-state index is 0.00990. The molecule has 0 aliphatic rings. The van der Waals surface area contributed by atoms with Gasteiger partial charge in [0.1, 0.15) is 29.9 Å². The second-order valence-electron chi connectivity index (χ2n) is 12.2. The Hall–Kier alpha value is -5.48. The molecule has 0 saturated heterocycles. The second-order valence-corrected chi connectivity index (χ2v) is 14.1. The molecule has 1 N–H and O–H groups in total. The molecule has 5 aromatic rings. The van der Waals surface area contributed by atoms with Gasteiger partial charge in [-0.1, -0.05) is 97.8 Å². The zero-order valence-electron chi connectivity index (χ0n) is 28.7. The van der Waals surface area contributed by atoms with Crippen LogP contribution in [0.1, 0.15) is 36.5 Å². The van der Waals surface area contributed by atoms with E-state index in [2.05, 4.69) is 5.32 Å². The number of anilines is 1. The van der Waals surface area contributed by atoms with Gasteiger partial charge in [0.25, 0.3) is 10.0 Å². The minimum Gasteiger partial charge on any atom is -0.457 e. The standard InChI is InChI=1S/C41H42FN3O5S/c1-3-4-27-43-41(47)39(28-32-13-7-5-8-14-32)44(29-33-15-11-12-18-38(33)42)40(46)30-45(51(48,49)37-25-19-31(2)20-26-37)34-21-23-36(24-22-34)50-35-16-9-6-10-17-35/h5-26,39H,3-4,27-30H2,1-2H3,(H,43,47)/t39-/m0/s1. The maximum Gasteiger partial charge on any atom is 0.264 e. The summed E-state index contributed by atoms with van der Waals surface area (Å²) in [5, 5.41) is 2.94. The van der Waals surface area contributed by atoms with Crippen molar-refractivity contribution in [2.45, 2.75) is 50.6 Å². The fraction of sp³-hybridized carbons (Fsp3) is 0.220. The maximum absolute atomic E-state index is 15.2. The lowest BCUT2D eigenvalue weighted by atomic mass is 10.0. The third-order valence-corrected chi connectivity index (χ3v) is 10.2. The highest BCUT2D eigenvalue weighted by atomic mass is 32.2. The van der Waals surface area contributed by atoms with Crippen molar-refractivity contribution in [2.75, 3.05) is 17.4 Å². The van der Waals surface area contributed by atoms with Crippen molar-refractivity contribution in [1.29, 1.82) is 0 Å². The number of unbranched alkanes of at least 4 members (excludes halogenated alkanes) is 1. The lowest BCUT2D eigenvalue weighted by Crippen LogP contribution is -2.53. The number of sulfonamides is 1. The maximum atomic E-state index is 15.2. The number of carbonyl (C=O) groups is 2. The van der Waals surface area contributed by atoms with Crippen LogP contribution in [0.4, 0.5) is 10.1 Å². The highest BCUT2D eigenvalue weighted by molar-refractivity contribution is 7.92. The van der Waals surface area contributed by atoms with E-state index in [-0.39, 0.29) is 29.1 Å². The topological polar surface area (TPSA) is 96.0 Å². The Balaban J connectivity index is 1.55. The summed E-state index contributed by atoms with van der Waals surface area (Å²) in [7, 11) is -4.30. The van der Waals surface area contributed by atoms with E-state index in [0.29, 0.717) is 18.0 Å². The van der Waals surface area contributed by atoms with Crippen LogP contribution in [0.2, 0.25) is 0 Å². The van der Waals surface area contributed by atoms with Crippen LogP contribution in [0, 0.1) is 12.7 Å². The first kappa shape index (κ1) is 36.8. The summed E-state index contributed by atoms with van der Waals surface area (Å²) in [6, 6.07) is 36.1. The number of halogens is 1. The van der Waals surface area contributed by atoms with Crippen molar-refractivity contribution in [3.8, 4) is 11.5 Å². The van der Waals surface area contributed by atoms with Crippen molar-refractivity contribution in [3.05, 3.63) is 156 Å². The number of ether oxygens (including phenoxy) is 1. The van der Waals surface area contributed by atoms with Crippen molar-refractivity contribution < 1.29 is 27.1 Å². The number of amides is 2. The molecule has 0 aromatic heterocycles. The van der Waals surface area contributed by atoms with E-state index >= 15 is 4.39 Å². The van der Waals surface area contributed by atoms with Crippen molar-refractivity contribution in [3.63, 3.8) is 0 Å². The Morgan fingerprint density at radius 3 is 2.04 bits per heavy atom. The molecule has 8 nitrogen and oxygen atoms in total. The Morgan fingerprint density at radius 2 is 1.39 bits per heavy atom. The summed E-state index contributed by atoms with van der Waals surface area (Å²) < 4.78 is 50.8. The molecular weight excluding hydrogens is 666 g/mol. The van der Waals surface area contributed by atoms with E-state index in [4.69, 9.17) is 4.74 Å². The fourth-order valence-corrected chi connectivity index (χ4v) is 6.96. The van der Waals surface area contributed by atoms with Gasteiger partial charge >= 0.3 is 0 Å². The zero-order chi connectivity index (χ0) is 36.2. The lowest BCUT2D eigenvalue weighted by Gasteiger charge is -2.34. The molecule has 0 fully saturated rings. The van der Waals surface area contributed by atoms with E-state index in [1.54, 1.807) is 66.7 Å². The van der Waals surface area contributed by atoms with Crippen LogP contribution in [0.5, 0.6) is 11.5 Å². The predicted molar refractivity (Wildman–Crippen MR) is 197 cm³/mol. The average molecular weight is 708 g/mol. The van der Waals surface area contributed by atoms with Crippen LogP contribution >= 0.6 is 0 Å². The molecule has 5 aromatic carbocycles. The van der Waals surface area contributed by atoms with Gasteiger partial charge in [-0.2, -0.15) is 0 Å². The summed E-state index contributed by atoms with van der Waals surface area (Å²) in [5.74, 6) is -0.553. The number of benzene rings is 5. The molecule has 0 unspecified atom stereocenters. The molecule has 0 heterocycles. The molecule has 0 aliphatic carbocycles. The molecule has 5 rings (SSSR count).